The summed E-state index contributed by atoms with van der Waals surface area (Å²) in [5, 5.41) is 3.00. The molecule has 2 N–H and O–H groups in total. The molecule has 3 aliphatic carbocycles. The van der Waals surface area contributed by atoms with Crippen LogP contribution in [0.1, 0.15) is 81.9 Å². The van der Waals surface area contributed by atoms with Gasteiger partial charge in [0.1, 0.15) is 11.6 Å². The third-order valence-electron chi connectivity index (χ3n) is 9.43. The van der Waals surface area contributed by atoms with Crippen molar-refractivity contribution in [3.05, 3.63) is 58.3 Å². The lowest BCUT2D eigenvalue weighted by Gasteiger charge is -2.27. The lowest BCUT2D eigenvalue weighted by atomic mass is 9.83. The maximum Gasteiger partial charge on any atom is 0.315 e. The molecule has 3 amide bonds. The van der Waals surface area contributed by atoms with E-state index < -0.39 is 38.9 Å². The zero-order chi connectivity index (χ0) is 31.5. The molecule has 2 unspecified atom stereocenters. The second-order valence-electron chi connectivity index (χ2n) is 12.7. The highest BCUT2D eigenvalue weighted by molar-refractivity contribution is 7.90. The van der Waals surface area contributed by atoms with Gasteiger partial charge >= 0.3 is 11.8 Å². The van der Waals surface area contributed by atoms with E-state index in [0.717, 1.165) is 66.3 Å². The summed E-state index contributed by atoms with van der Waals surface area (Å²) in [6.45, 7) is 3.02. The predicted molar refractivity (Wildman–Crippen MR) is 168 cm³/mol. The van der Waals surface area contributed by atoms with Gasteiger partial charge in [0.15, 0.2) is 0 Å². The lowest BCUT2D eigenvalue weighted by molar-refractivity contribution is -0.143. The van der Waals surface area contributed by atoms with Gasteiger partial charge in [-0.3, -0.25) is 23.7 Å². The molecule has 1 aromatic carbocycles. The quantitative estimate of drug-likeness (QED) is 0.464. The Morgan fingerprint density at radius 1 is 1.05 bits per heavy atom. The minimum Gasteiger partial charge on any atom is -0.496 e. The van der Waals surface area contributed by atoms with Crippen molar-refractivity contribution in [2.45, 2.75) is 75.9 Å². The van der Waals surface area contributed by atoms with E-state index in [-0.39, 0.29) is 5.92 Å². The number of ether oxygens (including phenoxy) is 1. The number of aromatic nitrogens is 1. The van der Waals surface area contributed by atoms with E-state index in [0.29, 0.717) is 28.6 Å². The smallest absolute Gasteiger partial charge is 0.315 e. The number of hydrogen-bond acceptors (Lipinski definition) is 6. The van der Waals surface area contributed by atoms with Gasteiger partial charge in [0.25, 0.3) is 0 Å². The maximum atomic E-state index is 13.7. The summed E-state index contributed by atoms with van der Waals surface area (Å²) >= 11 is 0. The van der Waals surface area contributed by atoms with E-state index in [1.807, 2.05) is 16.7 Å². The topological polar surface area (TPSA) is 127 Å². The molecule has 1 aromatic heterocycles. The van der Waals surface area contributed by atoms with Crippen molar-refractivity contribution in [3.8, 4) is 5.75 Å². The lowest BCUT2D eigenvalue weighted by Crippen LogP contribution is -2.40. The summed E-state index contributed by atoms with van der Waals surface area (Å²) in [5.41, 5.74) is 5.13. The molecular formula is C33H40N4O6S. The molecule has 0 spiro atoms. The van der Waals surface area contributed by atoms with E-state index in [2.05, 4.69) is 28.2 Å². The first-order chi connectivity index (χ1) is 21.0. The molecule has 2 aromatic rings. The van der Waals surface area contributed by atoms with Gasteiger partial charge in [0.05, 0.1) is 23.8 Å². The Bertz CT molecular complexity index is 1770. The van der Waals surface area contributed by atoms with Crippen molar-refractivity contribution in [1.29, 1.82) is 0 Å². The fourth-order valence-corrected chi connectivity index (χ4v) is 7.71. The zero-order valence-electron chi connectivity index (χ0n) is 25.9. The molecule has 0 saturated heterocycles. The number of benzene rings is 1. The first-order valence-electron chi connectivity index (χ1n) is 15.4. The maximum absolute atomic E-state index is 13.7. The molecule has 10 nitrogen and oxygen atoms in total. The van der Waals surface area contributed by atoms with Gasteiger partial charge < -0.3 is 15.0 Å². The molecule has 1 aliphatic heterocycles. The summed E-state index contributed by atoms with van der Waals surface area (Å²) < 4.78 is 35.6. The molecule has 4 aliphatic rings. The molecule has 2 heterocycles. The van der Waals surface area contributed by atoms with Crippen LogP contribution in [-0.4, -0.2) is 62.1 Å². The van der Waals surface area contributed by atoms with Gasteiger partial charge in [-0.15, -0.1) is 0 Å². The standard InChI is InChI=1S/C33H40N4O6S/c1-18(2)44(41,42)35-31(38)28-26-22-14-10-9-13-21(22)24-17-23-25(43-5)16-15-20(19-11-7-6-8-12-19)29(23)37(24)30(27(26)28)34-32(39)33(40)36(3)4/h10,14-19,21,28H,6-9,11-13H2,1-5H3,(H,34,39)(H,35,38). The van der Waals surface area contributed by atoms with Crippen LogP contribution in [0.2, 0.25) is 0 Å². The number of nitrogens with zero attached hydrogens (tertiary/aromatic N) is 2. The Morgan fingerprint density at radius 2 is 1.77 bits per heavy atom. The van der Waals surface area contributed by atoms with Crippen LogP contribution in [0.4, 0.5) is 0 Å². The monoisotopic (exact) mass is 620 g/mol. The normalized spacial score (nSPS) is 21.4. The number of hydrogen-bond donors (Lipinski definition) is 2. The third kappa shape index (κ3) is 4.95. The molecule has 0 radical (unpaired) electrons. The van der Waals surface area contributed by atoms with Crippen LogP contribution >= 0.6 is 0 Å². The highest BCUT2D eigenvalue weighted by Gasteiger charge is 2.53. The zero-order valence-corrected chi connectivity index (χ0v) is 26.7. The molecule has 11 heteroatoms. The van der Waals surface area contributed by atoms with Gasteiger partial charge in [0, 0.05) is 36.7 Å². The average molecular weight is 621 g/mol. The van der Waals surface area contributed by atoms with Crippen LogP contribution in [0.5, 0.6) is 5.75 Å². The molecule has 6 rings (SSSR count). The SMILES string of the molecule is COc1ccc(C2CCCCC2)c2c1cc1n2C(NC(=O)C(=O)N(C)C)=C2C(=C3C=CCCC31)C2C(=O)NS(=O)(=O)C(C)C. The van der Waals surface area contributed by atoms with E-state index in [1.54, 1.807) is 7.11 Å². The summed E-state index contributed by atoms with van der Waals surface area (Å²) in [4.78, 5) is 41.2. The fraction of sp³-hybridized carbons (Fsp3) is 0.485. The summed E-state index contributed by atoms with van der Waals surface area (Å²) in [5.74, 6) is -1.90. The Kier molecular flexibility index (Phi) is 7.72. The summed E-state index contributed by atoms with van der Waals surface area (Å²) in [6.07, 6.45) is 11.2. The van der Waals surface area contributed by atoms with Crippen LogP contribution in [0, 0.1) is 5.92 Å². The summed E-state index contributed by atoms with van der Waals surface area (Å²) in [7, 11) is 0.752. The number of methoxy groups -OCH3 is 1. The van der Waals surface area contributed by atoms with E-state index in [4.69, 9.17) is 4.74 Å². The van der Waals surface area contributed by atoms with Crippen molar-refractivity contribution in [3.63, 3.8) is 0 Å². The van der Waals surface area contributed by atoms with E-state index >= 15 is 0 Å². The van der Waals surface area contributed by atoms with Crippen molar-refractivity contribution < 1.29 is 27.5 Å². The van der Waals surface area contributed by atoms with Crippen LogP contribution in [0.25, 0.3) is 16.7 Å². The highest BCUT2D eigenvalue weighted by atomic mass is 32.2. The van der Waals surface area contributed by atoms with E-state index in [1.165, 1.54) is 39.3 Å². The number of allylic oxidation sites excluding steroid dienone is 3. The van der Waals surface area contributed by atoms with Gasteiger partial charge in [-0.25, -0.2) is 8.42 Å². The van der Waals surface area contributed by atoms with Crippen molar-refractivity contribution in [2.24, 2.45) is 5.92 Å². The number of carbonyl (C=O) groups is 3. The second-order valence-corrected chi connectivity index (χ2v) is 14.9. The second kappa shape index (κ2) is 11.3. The number of rotatable bonds is 6. The Morgan fingerprint density at radius 3 is 2.43 bits per heavy atom. The van der Waals surface area contributed by atoms with Gasteiger partial charge in [-0.1, -0.05) is 37.5 Å². The average Bonchev–Trinajstić information content (AvgIpc) is 3.65. The molecular weight excluding hydrogens is 580 g/mol. The van der Waals surface area contributed by atoms with E-state index in [9.17, 15) is 22.8 Å². The molecule has 0 bridgehead atoms. The number of nitrogens with one attached hydrogen (secondary N) is 2. The summed E-state index contributed by atoms with van der Waals surface area (Å²) in [6, 6.07) is 6.22. The Labute approximate surface area is 258 Å². The Balaban J connectivity index is 1.64. The van der Waals surface area contributed by atoms with Gasteiger partial charge in [-0.2, -0.15) is 0 Å². The fourth-order valence-electron chi connectivity index (χ4n) is 7.08. The number of sulfonamides is 1. The number of amides is 3. The highest BCUT2D eigenvalue weighted by Crippen LogP contribution is 2.58. The van der Waals surface area contributed by atoms with Crippen molar-refractivity contribution >= 4 is 44.5 Å². The number of likely N-dealkylation sites (N-methyl/N-ethyl adjacent to an activating group) is 1. The number of carbonyl (C=O) groups excluding carboxylic acids is 3. The first-order valence-corrected chi connectivity index (χ1v) is 17.0. The minimum absolute atomic E-state index is 0.111. The molecule has 2 saturated carbocycles. The molecule has 234 valence electrons. The van der Waals surface area contributed by atoms with Crippen LogP contribution in [-0.2, 0) is 24.4 Å². The molecule has 44 heavy (non-hydrogen) atoms. The number of fused-ring (bicyclic) bond motifs is 6. The first kappa shape index (κ1) is 30.2. The molecule has 2 atom stereocenters. The molecule has 2 fully saturated rings. The van der Waals surface area contributed by atoms with Crippen LogP contribution in [0.15, 0.2) is 47.1 Å². The predicted octanol–water partition coefficient (Wildman–Crippen LogP) is 4.30. The largest absolute Gasteiger partial charge is 0.496 e. The van der Waals surface area contributed by atoms with Crippen LogP contribution < -0.4 is 14.8 Å². The van der Waals surface area contributed by atoms with Crippen LogP contribution in [0.3, 0.4) is 0 Å². The third-order valence-corrected chi connectivity index (χ3v) is 11.2. The Hall–Kier alpha value is -3.86. The van der Waals surface area contributed by atoms with Gasteiger partial charge in [-0.05, 0) is 74.3 Å². The van der Waals surface area contributed by atoms with Gasteiger partial charge in [0.2, 0.25) is 15.9 Å². The van der Waals surface area contributed by atoms with Crippen molar-refractivity contribution in [1.82, 2.24) is 19.5 Å². The van der Waals surface area contributed by atoms with Crippen molar-refractivity contribution in [2.75, 3.05) is 21.2 Å². The minimum atomic E-state index is -3.90.